The van der Waals surface area contributed by atoms with Crippen LogP contribution in [0, 0.1) is 19.7 Å². The third kappa shape index (κ3) is 2.78. The number of rotatable bonds is 3. The van der Waals surface area contributed by atoms with Gasteiger partial charge in [-0.2, -0.15) is 0 Å². The summed E-state index contributed by atoms with van der Waals surface area (Å²) in [5.41, 5.74) is 2.66. The molecule has 122 valence electrons. The second kappa shape index (κ2) is 6.09. The summed E-state index contributed by atoms with van der Waals surface area (Å²) in [4.78, 5) is 26.2. The lowest BCUT2D eigenvalue weighted by Crippen LogP contribution is -2.32. The molecule has 1 N–H and O–H groups in total. The lowest BCUT2D eigenvalue weighted by atomic mass is 10.1. The van der Waals surface area contributed by atoms with Crippen molar-refractivity contribution in [2.24, 2.45) is 0 Å². The quantitative estimate of drug-likeness (QED) is 0.860. The molecule has 2 aromatic rings. The summed E-state index contributed by atoms with van der Waals surface area (Å²) in [5, 5.41) is 2.61. The van der Waals surface area contributed by atoms with Gasteiger partial charge in [0.1, 0.15) is 16.5 Å². The summed E-state index contributed by atoms with van der Waals surface area (Å²) in [6.07, 6.45) is 0. The number of hydrogen-bond donors (Lipinski definition) is 1. The van der Waals surface area contributed by atoms with E-state index in [0.29, 0.717) is 11.4 Å². The van der Waals surface area contributed by atoms with Crippen LogP contribution in [0.2, 0.25) is 0 Å². The van der Waals surface area contributed by atoms with Crippen molar-refractivity contribution in [3.05, 3.63) is 70.1 Å². The standard InChI is InChI=1S/C18H14ClFN2O2/c1-10-3-4-11(2)14(9-10)22-17(23)15(19)16(18(22)24)21-13-7-5-12(20)6-8-13/h3-9,21H,1-2H3. The highest BCUT2D eigenvalue weighted by molar-refractivity contribution is 6.53. The molecule has 0 fully saturated rings. The van der Waals surface area contributed by atoms with Crippen molar-refractivity contribution >= 4 is 34.8 Å². The molecular weight excluding hydrogens is 331 g/mol. The van der Waals surface area contributed by atoms with Crippen LogP contribution in [0.1, 0.15) is 11.1 Å². The van der Waals surface area contributed by atoms with E-state index in [4.69, 9.17) is 11.6 Å². The van der Waals surface area contributed by atoms with Gasteiger partial charge in [0.2, 0.25) is 0 Å². The van der Waals surface area contributed by atoms with Crippen LogP contribution in [-0.2, 0) is 9.59 Å². The molecule has 1 heterocycles. The van der Waals surface area contributed by atoms with E-state index in [0.717, 1.165) is 16.0 Å². The molecule has 24 heavy (non-hydrogen) atoms. The Morgan fingerprint density at radius 3 is 2.33 bits per heavy atom. The summed E-state index contributed by atoms with van der Waals surface area (Å²) < 4.78 is 13.0. The largest absolute Gasteiger partial charge is 0.350 e. The second-order valence-corrected chi connectivity index (χ2v) is 5.93. The maximum Gasteiger partial charge on any atom is 0.283 e. The molecule has 0 radical (unpaired) electrons. The number of anilines is 2. The molecule has 6 heteroatoms. The van der Waals surface area contributed by atoms with E-state index in [1.807, 2.05) is 26.0 Å². The highest BCUT2D eigenvalue weighted by atomic mass is 35.5. The second-order valence-electron chi connectivity index (χ2n) is 5.56. The Bertz CT molecular complexity index is 875. The van der Waals surface area contributed by atoms with Crippen LogP contribution in [0.3, 0.4) is 0 Å². The van der Waals surface area contributed by atoms with E-state index >= 15 is 0 Å². The maximum absolute atomic E-state index is 13.0. The Balaban J connectivity index is 1.95. The first-order valence-corrected chi connectivity index (χ1v) is 7.64. The number of aryl methyl sites for hydroxylation is 2. The van der Waals surface area contributed by atoms with Gasteiger partial charge >= 0.3 is 0 Å². The van der Waals surface area contributed by atoms with Crippen LogP contribution in [0.25, 0.3) is 0 Å². The smallest absolute Gasteiger partial charge is 0.283 e. The van der Waals surface area contributed by atoms with Gasteiger partial charge in [0, 0.05) is 5.69 Å². The third-order valence-corrected chi connectivity index (χ3v) is 4.10. The van der Waals surface area contributed by atoms with Gasteiger partial charge in [-0.3, -0.25) is 9.59 Å². The summed E-state index contributed by atoms with van der Waals surface area (Å²) >= 11 is 6.07. The highest BCUT2D eigenvalue weighted by Gasteiger charge is 2.39. The van der Waals surface area contributed by atoms with E-state index in [-0.39, 0.29) is 10.7 Å². The SMILES string of the molecule is Cc1ccc(C)c(N2C(=O)C(Cl)=C(Nc3ccc(F)cc3)C2=O)c1. The first kappa shape index (κ1) is 16.2. The van der Waals surface area contributed by atoms with Crippen molar-refractivity contribution in [1.29, 1.82) is 0 Å². The van der Waals surface area contributed by atoms with Gasteiger partial charge in [0.25, 0.3) is 11.8 Å². The molecule has 0 atom stereocenters. The van der Waals surface area contributed by atoms with E-state index < -0.39 is 17.6 Å². The van der Waals surface area contributed by atoms with Crippen LogP contribution in [-0.4, -0.2) is 11.8 Å². The first-order valence-electron chi connectivity index (χ1n) is 7.27. The molecular formula is C18H14ClFN2O2. The molecule has 0 saturated carbocycles. The Hall–Kier alpha value is -2.66. The van der Waals surface area contributed by atoms with Crippen LogP contribution < -0.4 is 10.2 Å². The summed E-state index contributed by atoms with van der Waals surface area (Å²) in [6.45, 7) is 3.69. The van der Waals surface area contributed by atoms with Gasteiger partial charge in [-0.25, -0.2) is 9.29 Å². The minimum absolute atomic E-state index is 0.0193. The number of carbonyl (C=O) groups excluding carboxylic acids is 2. The topological polar surface area (TPSA) is 49.4 Å². The van der Waals surface area contributed by atoms with Crippen molar-refractivity contribution < 1.29 is 14.0 Å². The molecule has 2 aromatic carbocycles. The minimum Gasteiger partial charge on any atom is -0.350 e. The fraction of sp³-hybridized carbons (Fsp3) is 0.111. The molecule has 0 aromatic heterocycles. The van der Waals surface area contributed by atoms with Gasteiger partial charge in [-0.05, 0) is 55.3 Å². The summed E-state index contributed by atoms with van der Waals surface area (Å²) in [7, 11) is 0. The van der Waals surface area contributed by atoms with E-state index in [1.165, 1.54) is 24.3 Å². The number of amides is 2. The van der Waals surface area contributed by atoms with Gasteiger partial charge in [0.15, 0.2) is 0 Å². The Morgan fingerprint density at radius 1 is 1.00 bits per heavy atom. The van der Waals surface area contributed by atoms with Gasteiger partial charge in [0.05, 0.1) is 5.69 Å². The number of imide groups is 1. The van der Waals surface area contributed by atoms with Crippen molar-refractivity contribution in [1.82, 2.24) is 0 Å². The molecule has 0 unspecified atom stereocenters. The zero-order valence-corrected chi connectivity index (χ0v) is 13.8. The lowest BCUT2D eigenvalue weighted by molar-refractivity contribution is -0.120. The van der Waals surface area contributed by atoms with Gasteiger partial charge in [-0.15, -0.1) is 0 Å². The first-order chi connectivity index (χ1) is 11.4. The van der Waals surface area contributed by atoms with E-state index in [2.05, 4.69) is 5.32 Å². The molecule has 0 saturated heterocycles. The number of benzene rings is 2. The number of hydrogen-bond acceptors (Lipinski definition) is 3. The number of halogens is 2. The van der Waals surface area contributed by atoms with Crippen LogP contribution in [0.4, 0.5) is 15.8 Å². The molecule has 0 bridgehead atoms. The van der Waals surface area contributed by atoms with E-state index in [1.54, 1.807) is 6.07 Å². The van der Waals surface area contributed by atoms with Crippen molar-refractivity contribution in [2.45, 2.75) is 13.8 Å². The van der Waals surface area contributed by atoms with Crippen molar-refractivity contribution in [2.75, 3.05) is 10.2 Å². The normalized spacial score (nSPS) is 14.6. The summed E-state index contributed by atoms with van der Waals surface area (Å²) in [6, 6.07) is 10.9. The molecule has 4 nitrogen and oxygen atoms in total. The predicted molar refractivity (Wildman–Crippen MR) is 91.3 cm³/mol. The fourth-order valence-corrected chi connectivity index (χ4v) is 2.68. The zero-order valence-electron chi connectivity index (χ0n) is 13.1. The summed E-state index contributed by atoms with van der Waals surface area (Å²) in [5.74, 6) is -1.52. The predicted octanol–water partition coefficient (Wildman–Crippen LogP) is 3.88. The molecule has 1 aliphatic heterocycles. The maximum atomic E-state index is 13.0. The van der Waals surface area contributed by atoms with Crippen molar-refractivity contribution in [3.63, 3.8) is 0 Å². The Kier molecular flexibility index (Phi) is 4.11. The van der Waals surface area contributed by atoms with E-state index in [9.17, 15) is 14.0 Å². The Morgan fingerprint density at radius 2 is 1.67 bits per heavy atom. The van der Waals surface area contributed by atoms with Crippen molar-refractivity contribution in [3.8, 4) is 0 Å². The molecule has 2 amide bonds. The molecule has 0 spiro atoms. The fourth-order valence-electron chi connectivity index (χ4n) is 2.47. The monoisotopic (exact) mass is 344 g/mol. The van der Waals surface area contributed by atoms with Crippen LogP contribution in [0.15, 0.2) is 53.2 Å². The average molecular weight is 345 g/mol. The highest BCUT2D eigenvalue weighted by Crippen LogP contribution is 2.32. The molecule has 0 aliphatic carbocycles. The number of nitrogens with zero attached hydrogens (tertiary/aromatic N) is 1. The van der Waals surface area contributed by atoms with Crippen LogP contribution >= 0.6 is 11.6 Å². The molecule has 1 aliphatic rings. The number of nitrogens with one attached hydrogen (secondary N) is 1. The minimum atomic E-state index is -0.583. The van der Waals surface area contributed by atoms with Crippen LogP contribution in [0.5, 0.6) is 0 Å². The molecule has 3 rings (SSSR count). The lowest BCUT2D eigenvalue weighted by Gasteiger charge is -2.18. The zero-order chi connectivity index (χ0) is 17.4. The third-order valence-electron chi connectivity index (χ3n) is 3.75. The average Bonchev–Trinajstić information content (AvgIpc) is 2.76. The van der Waals surface area contributed by atoms with Gasteiger partial charge < -0.3 is 5.32 Å². The number of carbonyl (C=O) groups is 2. The Labute approximate surface area is 143 Å². The van der Waals surface area contributed by atoms with Gasteiger partial charge in [-0.1, -0.05) is 23.7 Å².